The van der Waals surface area contributed by atoms with Gasteiger partial charge < -0.3 is 10.0 Å². The second-order valence-electron chi connectivity index (χ2n) is 6.26. The molecule has 0 aliphatic carbocycles. The zero-order valence-corrected chi connectivity index (χ0v) is 15.4. The fourth-order valence-corrected chi connectivity index (χ4v) is 3.08. The van der Waals surface area contributed by atoms with Crippen molar-refractivity contribution in [3.63, 3.8) is 0 Å². The third kappa shape index (κ3) is 17.2. The number of aliphatic hydroxyl groups is 1. The number of carbonyl (C=O) groups excluding carboxylic acids is 1. The summed E-state index contributed by atoms with van der Waals surface area (Å²) in [5.74, 6) is -0.856. The van der Waals surface area contributed by atoms with Crippen LogP contribution in [-0.2, 0) is 14.9 Å². The molecule has 1 amide bonds. The van der Waals surface area contributed by atoms with Gasteiger partial charge in [-0.3, -0.25) is 9.35 Å². The predicted molar refractivity (Wildman–Crippen MR) is 99.1 cm³/mol. The molecule has 2 N–H and O–H groups in total. The predicted octanol–water partition coefficient (Wildman–Crippen LogP) is 1.97. The van der Waals surface area contributed by atoms with Gasteiger partial charge in [0.25, 0.3) is 10.1 Å². The molecule has 0 rings (SSSR count). The standard InChI is InChI=1S/C16H33NO5S.Na.H/c1-3-4-5-6-7-8-9-10-11-12-16(19)17(2)13-15(18)14-23(20,21)22;;/h15,18H,3-14H2,1-2H3,(H,20,21,22);;. The summed E-state index contributed by atoms with van der Waals surface area (Å²) in [6.45, 7) is 2.12. The molecule has 0 aromatic heterocycles. The van der Waals surface area contributed by atoms with Crippen LogP contribution in [-0.4, -0.2) is 83.9 Å². The molecule has 0 saturated heterocycles. The van der Waals surface area contributed by atoms with Gasteiger partial charge >= 0.3 is 29.6 Å². The Morgan fingerprint density at radius 2 is 1.46 bits per heavy atom. The van der Waals surface area contributed by atoms with E-state index in [-0.39, 0.29) is 42.0 Å². The van der Waals surface area contributed by atoms with Crippen molar-refractivity contribution in [3.05, 3.63) is 0 Å². The molecule has 0 aromatic rings. The van der Waals surface area contributed by atoms with Crippen molar-refractivity contribution in [2.75, 3.05) is 19.3 Å². The Morgan fingerprint density at radius 1 is 1.00 bits per heavy atom. The van der Waals surface area contributed by atoms with E-state index in [1.54, 1.807) is 0 Å². The molecular weight excluding hydrogens is 341 g/mol. The molecule has 0 heterocycles. The summed E-state index contributed by atoms with van der Waals surface area (Å²) in [5.41, 5.74) is 0. The van der Waals surface area contributed by atoms with Gasteiger partial charge in [0.05, 0.1) is 6.10 Å². The first-order chi connectivity index (χ1) is 10.8. The molecule has 0 aliphatic rings. The summed E-state index contributed by atoms with van der Waals surface area (Å²) in [7, 11) is -2.69. The number of unbranched alkanes of at least 4 members (excludes halogenated alkanes) is 8. The van der Waals surface area contributed by atoms with Gasteiger partial charge in [0.15, 0.2) is 0 Å². The first kappa shape index (κ1) is 26.6. The van der Waals surface area contributed by atoms with Crippen LogP contribution >= 0.6 is 0 Å². The summed E-state index contributed by atoms with van der Waals surface area (Å²) < 4.78 is 29.9. The fourth-order valence-electron chi connectivity index (χ4n) is 2.49. The van der Waals surface area contributed by atoms with Crippen LogP contribution in [0.4, 0.5) is 0 Å². The Labute approximate surface area is 169 Å². The fraction of sp³-hybridized carbons (Fsp3) is 0.938. The molecular formula is C16H34NNaO5S. The molecule has 8 heteroatoms. The molecule has 1 unspecified atom stereocenters. The van der Waals surface area contributed by atoms with Gasteiger partial charge in [-0.25, -0.2) is 0 Å². The molecule has 6 nitrogen and oxygen atoms in total. The van der Waals surface area contributed by atoms with E-state index in [0.29, 0.717) is 6.42 Å². The van der Waals surface area contributed by atoms with E-state index in [4.69, 9.17) is 4.55 Å². The third-order valence-corrected chi connectivity index (χ3v) is 4.61. The Balaban J connectivity index is 0. The molecule has 0 bridgehead atoms. The Bertz CT molecular complexity index is 417. The number of likely N-dealkylation sites (N-methyl/N-ethyl adjacent to an activating group) is 1. The van der Waals surface area contributed by atoms with Crippen LogP contribution in [0.1, 0.15) is 71.1 Å². The molecule has 0 aliphatic heterocycles. The minimum absolute atomic E-state index is 0. The molecule has 24 heavy (non-hydrogen) atoms. The quantitative estimate of drug-likeness (QED) is 0.275. The second-order valence-corrected chi connectivity index (χ2v) is 7.75. The van der Waals surface area contributed by atoms with Gasteiger partial charge in [-0.2, -0.15) is 8.42 Å². The van der Waals surface area contributed by atoms with Crippen molar-refractivity contribution in [1.29, 1.82) is 0 Å². The van der Waals surface area contributed by atoms with Crippen molar-refractivity contribution in [1.82, 2.24) is 4.90 Å². The topological polar surface area (TPSA) is 94.9 Å². The van der Waals surface area contributed by atoms with E-state index in [1.165, 1.54) is 50.5 Å². The van der Waals surface area contributed by atoms with Crippen molar-refractivity contribution in [2.45, 2.75) is 77.2 Å². The zero-order chi connectivity index (χ0) is 17.7. The van der Waals surface area contributed by atoms with Gasteiger partial charge in [-0.15, -0.1) is 0 Å². The summed E-state index contributed by atoms with van der Waals surface area (Å²) in [4.78, 5) is 13.2. The molecule has 0 radical (unpaired) electrons. The first-order valence-electron chi connectivity index (χ1n) is 8.63. The number of rotatable bonds is 14. The van der Waals surface area contributed by atoms with Crippen LogP contribution in [0.2, 0.25) is 0 Å². The number of amides is 1. The van der Waals surface area contributed by atoms with Crippen LogP contribution < -0.4 is 0 Å². The monoisotopic (exact) mass is 375 g/mol. The second kappa shape index (κ2) is 15.6. The van der Waals surface area contributed by atoms with E-state index in [1.807, 2.05) is 0 Å². The minimum atomic E-state index is -4.22. The number of aliphatic hydroxyl groups excluding tert-OH is 1. The maximum absolute atomic E-state index is 11.9. The van der Waals surface area contributed by atoms with Crippen molar-refractivity contribution in [3.8, 4) is 0 Å². The van der Waals surface area contributed by atoms with Crippen molar-refractivity contribution >= 4 is 45.6 Å². The summed E-state index contributed by atoms with van der Waals surface area (Å²) in [6.07, 6.45) is 9.75. The molecule has 0 aromatic carbocycles. The summed E-state index contributed by atoms with van der Waals surface area (Å²) in [6, 6.07) is 0. The Kier molecular flexibility index (Phi) is 17.3. The first-order valence-corrected chi connectivity index (χ1v) is 10.2. The van der Waals surface area contributed by atoms with Crippen LogP contribution in [0.3, 0.4) is 0 Å². The molecule has 0 spiro atoms. The Hall–Kier alpha value is 0.340. The van der Waals surface area contributed by atoms with Gasteiger partial charge in [0, 0.05) is 20.0 Å². The molecule has 0 saturated carbocycles. The van der Waals surface area contributed by atoms with E-state index in [9.17, 15) is 18.3 Å². The maximum atomic E-state index is 11.9. The van der Waals surface area contributed by atoms with E-state index in [0.717, 1.165) is 19.3 Å². The van der Waals surface area contributed by atoms with Crippen molar-refractivity contribution < 1.29 is 22.9 Å². The normalized spacial score (nSPS) is 12.5. The van der Waals surface area contributed by atoms with Gasteiger partial charge in [0.1, 0.15) is 5.75 Å². The van der Waals surface area contributed by atoms with E-state index >= 15 is 0 Å². The van der Waals surface area contributed by atoms with Gasteiger partial charge in [-0.05, 0) is 6.42 Å². The average Bonchev–Trinajstić information content (AvgIpc) is 2.43. The molecule has 0 fully saturated rings. The van der Waals surface area contributed by atoms with Gasteiger partial charge in [-0.1, -0.05) is 58.3 Å². The summed E-state index contributed by atoms with van der Waals surface area (Å²) >= 11 is 0. The van der Waals surface area contributed by atoms with Crippen LogP contribution in [0.25, 0.3) is 0 Å². The third-order valence-electron chi connectivity index (χ3n) is 3.81. The van der Waals surface area contributed by atoms with Crippen LogP contribution in [0.15, 0.2) is 0 Å². The van der Waals surface area contributed by atoms with Crippen molar-refractivity contribution in [2.24, 2.45) is 0 Å². The average molecular weight is 376 g/mol. The number of hydrogen-bond donors (Lipinski definition) is 2. The summed E-state index contributed by atoms with van der Waals surface area (Å²) in [5, 5.41) is 9.50. The van der Waals surface area contributed by atoms with Gasteiger partial charge in [0.2, 0.25) is 5.91 Å². The Morgan fingerprint density at radius 3 is 1.92 bits per heavy atom. The molecule has 140 valence electrons. The van der Waals surface area contributed by atoms with E-state index in [2.05, 4.69) is 6.92 Å². The number of nitrogens with zero attached hydrogens (tertiary/aromatic N) is 1. The van der Waals surface area contributed by atoms with Crippen LogP contribution in [0, 0.1) is 0 Å². The van der Waals surface area contributed by atoms with E-state index < -0.39 is 22.0 Å². The number of hydrogen-bond acceptors (Lipinski definition) is 4. The zero-order valence-electron chi connectivity index (χ0n) is 14.5. The van der Waals surface area contributed by atoms with Crippen LogP contribution in [0.5, 0.6) is 0 Å². The SMILES string of the molecule is CCCCCCCCCCCC(=O)N(C)CC(O)CS(=O)(=O)O.[NaH]. The molecule has 1 atom stereocenters. The number of carbonyl (C=O) groups is 1.